The number of hydrogen-bond acceptors (Lipinski definition) is 2. The van der Waals surface area contributed by atoms with Crippen molar-refractivity contribution < 1.29 is 9.59 Å². The molecule has 2 bridgehead atoms. The van der Waals surface area contributed by atoms with Crippen LogP contribution in [0.3, 0.4) is 0 Å². The third kappa shape index (κ3) is 2.68. The summed E-state index contributed by atoms with van der Waals surface area (Å²) in [7, 11) is 0. The summed E-state index contributed by atoms with van der Waals surface area (Å²) in [4.78, 5) is 29.9. The molecule has 0 heterocycles. The molecule has 4 heteroatoms. The first kappa shape index (κ1) is 18.3. The van der Waals surface area contributed by atoms with Crippen LogP contribution in [0.25, 0.3) is 0 Å². The Morgan fingerprint density at radius 3 is 1.00 bits per heavy atom. The first-order valence-corrected chi connectivity index (χ1v) is 9.13. The van der Waals surface area contributed by atoms with Gasteiger partial charge in [0.25, 0.3) is 0 Å². The summed E-state index contributed by atoms with van der Waals surface area (Å²) >= 11 is 0. The molecule has 3 fully saturated rings. The van der Waals surface area contributed by atoms with Crippen molar-refractivity contribution in [2.24, 2.45) is 10.8 Å². The molecule has 3 aliphatic carbocycles. The number of hydrogen-bond donors (Lipinski definition) is 0. The van der Waals surface area contributed by atoms with Crippen molar-refractivity contribution in [3.05, 3.63) is 0 Å². The third-order valence-electron chi connectivity index (χ3n) is 5.63. The van der Waals surface area contributed by atoms with Crippen molar-refractivity contribution in [2.45, 2.75) is 98.8 Å². The van der Waals surface area contributed by atoms with E-state index in [1.807, 2.05) is 9.80 Å². The van der Waals surface area contributed by atoms with Gasteiger partial charge in [0.15, 0.2) is 0 Å². The molecule has 0 N–H and O–H groups in total. The molecule has 2 amide bonds. The van der Waals surface area contributed by atoms with Crippen LogP contribution in [0.4, 0.5) is 0 Å². The van der Waals surface area contributed by atoms with Crippen LogP contribution in [0.2, 0.25) is 0 Å². The van der Waals surface area contributed by atoms with Crippen molar-refractivity contribution in [1.29, 1.82) is 0 Å². The predicted octanol–water partition coefficient (Wildman–Crippen LogP) is 3.45. The number of amides is 2. The molecule has 0 aliphatic heterocycles. The quantitative estimate of drug-likeness (QED) is 0.751. The molecule has 0 saturated heterocycles. The molecule has 3 aliphatic rings. The zero-order chi connectivity index (χ0) is 17.7. The second-order valence-electron chi connectivity index (χ2n) is 8.89. The fourth-order valence-corrected chi connectivity index (χ4v) is 4.92. The van der Waals surface area contributed by atoms with Crippen LogP contribution in [0, 0.1) is 10.8 Å². The van der Waals surface area contributed by atoms with E-state index in [1.54, 1.807) is 0 Å². The van der Waals surface area contributed by atoms with Gasteiger partial charge in [-0.05, 0) is 74.7 Å². The summed E-state index contributed by atoms with van der Waals surface area (Å²) in [5.74, 6) is 0.524. The fraction of sp³-hybridized carbons (Fsp3) is 0.895. The maximum absolute atomic E-state index is 13.0. The normalized spacial score (nSPS) is 28.9. The highest BCUT2D eigenvalue weighted by atomic mass is 16.2. The Kier molecular flexibility index (Phi) is 4.60. The van der Waals surface area contributed by atoms with Gasteiger partial charge in [-0.25, -0.2) is 0 Å². The van der Waals surface area contributed by atoms with Gasteiger partial charge in [-0.1, -0.05) is 0 Å². The summed E-state index contributed by atoms with van der Waals surface area (Å²) < 4.78 is 0. The van der Waals surface area contributed by atoms with Crippen LogP contribution in [0.15, 0.2) is 0 Å². The molecule has 23 heavy (non-hydrogen) atoms. The molecule has 132 valence electrons. The van der Waals surface area contributed by atoms with E-state index in [0.29, 0.717) is 0 Å². The largest absolute Gasteiger partial charge is 0.337 e. The van der Waals surface area contributed by atoms with Crippen molar-refractivity contribution in [2.75, 3.05) is 0 Å². The van der Waals surface area contributed by atoms with Crippen LogP contribution in [0.5, 0.6) is 0 Å². The van der Waals surface area contributed by atoms with Gasteiger partial charge in [-0.3, -0.25) is 9.59 Å². The number of nitrogens with zero attached hydrogens (tertiary/aromatic N) is 2. The fourth-order valence-electron chi connectivity index (χ4n) is 4.92. The highest BCUT2D eigenvalue weighted by Gasteiger charge is 2.76. The number of carbonyl (C=O) groups is 2. The summed E-state index contributed by atoms with van der Waals surface area (Å²) in [6, 6.07) is 0.856. The maximum atomic E-state index is 13.0. The molecule has 0 unspecified atom stereocenters. The van der Waals surface area contributed by atoms with Gasteiger partial charge in [0.2, 0.25) is 11.8 Å². The Balaban J connectivity index is 2.08. The molecule has 0 spiro atoms. The third-order valence-corrected chi connectivity index (χ3v) is 5.63. The smallest absolute Gasteiger partial charge is 0.229 e. The van der Waals surface area contributed by atoms with E-state index < -0.39 is 0 Å². The highest BCUT2D eigenvalue weighted by molar-refractivity contribution is 5.96. The molecule has 0 aromatic heterocycles. The molecule has 0 atom stereocenters. The standard InChI is InChI=1S/C19H34N2O2/c1-12(2)20(13(3)4)16(22)18-9-19(10-18,11-18)17(23)21(14(5)6)15(7)8/h12-15H,9-11H2,1-8H3. The van der Waals surface area contributed by atoms with Crippen LogP contribution in [-0.2, 0) is 9.59 Å². The monoisotopic (exact) mass is 322 g/mol. The molecule has 0 aromatic carbocycles. The van der Waals surface area contributed by atoms with Crippen molar-refractivity contribution in [3.8, 4) is 0 Å². The Morgan fingerprint density at radius 2 is 0.826 bits per heavy atom. The topological polar surface area (TPSA) is 40.6 Å². The zero-order valence-electron chi connectivity index (χ0n) is 16.1. The van der Waals surface area contributed by atoms with Gasteiger partial charge in [0.05, 0.1) is 10.8 Å². The SMILES string of the molecule is CC(C)N(C(=O)C12CC(C(=O)N(C(C)C)C(C)C)(C1)C2)C(C)C. The van der Waals surface area contributed by atoms with E-state index >= 15 is 0 Å². The predicted molar refractivity (Wildman–Crippen MR) is 93.0 cm³/mol. The Hall–Kier alpha value is -1.06. The zero-order valence-corrected chi connectivity index (χ0v) is 16.1. The molecular formula is C19H34N2O2. The van der Waals surface area contributed by atoms with Crippen molar-refractivity contribution >= 4 is 11.8 Å². The summed E-state index contributed by atoms with van der Waals surface area (Å²) in [6.07, 6.45) is 2.26. The lowest BCUT2D eigenvalue weighted by atomic mass is 9.34. The van der Waals surface area contributed by atoms with Gasteiger partial charge in [-0.2, -0.15) is 0 Å². The first-order valence-electron chi connectivity index (χ1n) is 9.13. The minimum absolute atomic E-state index is 0.214. The van der Waals surface area contributed by atoms with Crippen LogP contribution >= 0.6 is 0 Å². The summed E-state index contributed by atoms with van der Waals surface area (Å²) in [5.41, 5.74) is -0.492. The summed E-state index contributed by atoms with van der Waals surface area (Å²) in [5, 5.41) is 0. The highest BCUT2D eigenvalue weighted by Crippen LogP contribution is 2.74. The van der Waals surface area contributed by atoms with Gasteiger partial charge in [-0.15, -0.1) is 0 Å². The van der Waals surface area contributed by atoms with Crippen LogP contribution in [-0.4, -0.2) is 45.8 Å². The lowest BCUT2D eigenvalue weighted by Crippen LogP contribution is -2.74. The van der Waals surface area contributed by atoms with E-state index in [-0.39, 0.29) is 46.8 Å². The molecule has 0 radical (unpaired) electrons. The van der Waals surface area contributed by atoms with E-state index in [9.17, 15) is 9.59 Å². The lowest BCUT2D eigenvalue weighted by Gasteiger charge is -2.70. The summed E-state index contributed by atoms with van der Waals surface area (Å²) in [6.45, 7) is 16.6. The van der Waals surface area contributed by atoms with Gasteiger partial charge >= 0.3 is 0 Å². The minimum Gasteiger partial charge on any atom is -0.337 e. The molecule has 3 rings (SSSR count). The van der Waals surface area contributed by atoms with Gasteiger partial charge in [0, 0.05) is 24.2 Å². The van der Waals surface area contributed by atoms with E-state index in [2.05, 4.69) is 55.4 Å². The molecular weight excluding hydrogens is 288 g/mol. The van der Waals surface area contributed by atoms with E-state index in [0.717, 1.165) is 19.3 Å². The molecule has 3 saturated carbocycles. The Bertz CT molecular complexity index is 416. The average Bonchev–Trinajstić information content (AvgIpc) is 2.21. The number of carbonyl (C=O) groups excluding carboxylic acids is 2. The van der Waals surface area contributed by atoms with E-state index in [1.165, 1.54) is 0 Å². The average molecular weight is 322 g/mol. The van der Waals surface area contributed by atoms with Crippen LogP contribution < -0.4 is 0 Å². The molecule has 4 nitrogen and oxygen atoms in total. The minimum atomic E-state index is -0.246. The lowest BCUT2D eigenvalue weighted by molar-refractivity contribution is -0.225. The van der Waals surface area contributed by atoms with Gasteiger partial charge in [0.1, 0.15) is 0 Å². The molecule has 0 aromatic rings. The second kappa shape index (κ2) is 5.78. The van der Waals surface area contributed by atoms with E-state index in [4.69, 9.17) is 0 Å². The van der Waals surface area contributed by atoms with Crippen LogP contribution in [0.1, 0.15) is 74.7 Å². The van der Waals surface area contributed by atoms with Crippen molar-refractivity contribution in [1.82, 2.24) is 9.80 Å². The Labute approximate surface area is 141 Å². The van der Waals surface area contributed by atoms with Crippen molar-refractivity contribution in [3.63, 3.8) is 0 Å². The van der Waals surface area contributed by atoms with Gasteiger partial charge < -0.3 is 9.80 Å². The number of rotatable bonds is 6. The maximum Gasteiger partial charge on any atom is 0.229 e. The Morgan fingerprint density at radius 1 is 0.609 bits per heavy atom. The second-order valence-corrected chi connectivity index (χ2v) is 8.89. The first-order chi connectivity index (χ1) is 10.5.